The van der Waals surface area contributed by atoms with Crippen LogP contribution in [0.1, 0.15) is 0 Å². The summed E-state index contributed by atoms with van der Waals surface area (Å²) in [5, 5.41) is 0.503. The minimum atomic E-state index is -4.99. The van der Waals surface area contributed by atoms with Crippen LogP contribution in [0.25, 0.3) is 10.9 Å². The zero-order chi connectivity index (χ0) is 11.1. The third-order valence-corrected chi connectivity index (χ3v) is 2.21. The quantitative estimate of drug-likeness (QED) is 0.761. The molecule has 6 heteroatoms. The van der Waals surface area contributed by atoms with Gasteiger partial charge in [-0.05, 0) is 11.7 Å². The van der Waals surface area contributed by atoms with E-state index in [2.05, 4.69) is 4.98 Å². The number of aromatic amines is 1. The van der Waals surface area contributed by atoms with Crippen LogP contribution in [0, 0.1) is 0 Å². The van der Waals surface area contributed by atoms with Gasteiger partial charge in [-0.1, -0.05) is 18.2 Å². The lowest BCUT2D eigenvalue weighted by Crippen LogP contribution is -2.34. The smallest absolute Gasteiger partial charge is 0.495 e. The molecule has 2 rings (SSSR count). The van der Waals surface area contributed by atoms with E-state index in [0.717, 1.165) is 6.07 Å². The number of hydrogen-bond donors (Lipinski definition) is 1. The lowest BCUT2D eigenvalue weighted by Gasteiger charge is -2.10. The van der Waals surface area contributed by atoms with E-state index in [1.54, 1.807) is 18.2 Å². The van der Waals surface area contributed by atoms with Gasteiger partial charge in [0.05, 0.1) is 12.6 Å². The van der Waals surface area contributed by atoms with Crippen LogP contribution in [-0.4, -0.2) is 19.1 Å². The van der Waals surface area contributed by atoms with Gasteiger partial charge < -0.3 is 22.7 Å². The summed E-state index contributed by atoms with van der Waals surface area (Å²) in [4.78, 5) is 2.33. The average Bonchev–Trinajstić information content (AvgIpc) is 2.59. The number of ether oxygens (including phenoxy) is 1. The van der Waals surface area contributed by atoms with E-state index in [1.165, 1.54) is 7.11 Å². The fourth-order valence-electron chi connectivity index (χ4n) is 1.50. The molecule has 1 aromatic carbocycles. The Balaban J connectivity index is 2.65. The van der Waals surface area contributed by atoms with E-state index < -0.39 is 12.6 Å². The maximum absolute atomic E-state index is 12.5. The molecule has 0 amide bonds. The van der Waals surface area contributed by atoms with Gasteiger partial charge in [-0.25, -0.2) is 0 Å². The standard InChI is InChI=1S/C9H8BF3NO/c1-15-7-4-2-3-6-5-8(10(11,12)13)14-9(6)7/h2-5,14H,1H3/q-1. The topological polar surface area (TPSA) is 25.0 Å². The minimum absolute atomic E-state index is 0.384. The molecule has 0 aliphatic heterocycles. The van der Waals surface area contributed by atoms with E-state index >= 15 is 0 Å². The first-order valence-corrected chi connectivity index (χ1v) is 4.38. The monoisotopic (exact) mass is 214 g/mol. The zero-order valence-electron chi connectivity index (χ0n) is 7.93. The van der Waals surface area contributed by atoms with E-state index in [-0.39, 0.29) is 0 Å². The SMILES string of the molecule is COc1cccc2cc([B-](F)(F)F)[nH]c12. The lowest BCUT2D eigenvalue weighted by molar-refractivity contribution is 0.419. The molecule has 0 aliphatic rings. The second-order valence-corrected chi connectivity index (χ2v) is 3.22. The van der Waals surface area contributed by atoms with Gasteiger partial charge in [-0.2, -0.15) is 0 Å². The number of hydrogen-bond acceptors (Lipinski definition) is 1. The number of H-pyrrole nitrogens is 1. The molecule has 0 fully saturated rings. The zero-order valence-corrected chi connectivity index (χ0v) is 7.93. The van der Waals surface area contributed by atoms with Crippen molar-refractivity contribution in [3.63, 3.8) is 0 Å². The Labute approximate surface area is 84.1 Å². The molecule has 0 atom stereocenters. The van der Waals surface area contributed by atoms with E-state index in [0.29, 0.717) is 16.7 Å². The first-order chi connectivity index (χ1) is 7.02. The van der Waals surface area contributed by atoms with E-state index in [4.69, 9.17) is 4.74 Å². The van der Waals surface area contributed by atoms with Crippen molar-refractivity contribution in [1.29, 1.82) is 0 Å². The van der Waals surface area contributed by atoms with Crippen molar-refractivity contribution in [3.05, 3.63) is 24.3 Å². The molecule has 1 N–H and O–H groups in total. The Bertz CT molecular complexity index is 492. The summed E-state index contributed by atoms with van der Waals surface area (Å²) >= 11 is 0. The second-order valence-electron chi connectivity index (χ2n) is 3.22. The Morgan fingerprint density at radius 3 is 2.60 bits per heavy atom. The van der Waals surface area contributed by atoms with Crippen molar-refractivity contribution in [2.75, 3.05) is 7.11 Å². The maximum Gasteiger partial charge on any atom is 0.525 e. The van der Waals surface area contributed by atoms with Crippen molar-refractivity contribution < 1.29 is 17.7 Å². The Morgan fingerprint density at radius 2 is 2.00 bits per heavy atom. The normalized spacial score (nSPS) is 12.0. The summed E-state index contributed by atoms with van der Waals surface area (Å²) in [6.45, 7) is -4.99. The average molecular weight is 214 g/mol. The first-order valence-electron chi connectivity index (χ1n) is 4.38. The molecular weight excluding hydrogens is 206 g/mol. The highest BCUT2D eigenvalue weighted by atomic mass is 19.4. The summed E-state index contributed by atoms with van der Waals surface area (Å²) in [6.07, 6.45) is 0. The molecule has 2 nitrogen and oxygen atoms in total. The fraction of sp³-hybridized carbons (Fsp3) is 0.111. The van der Waals surface area contributed by atoms with Crippen molar-refractivity contribution in [2.24, 2.45) is 0 Å². The van der Waals surface area contributed by atoms with E-state index in [1.807, 2.05) is 0 Å². The summed E-state index contributed by atoms with van der Waals surface area (Å²) < 4.78 is 42.3. The number of methoxy groups -OCH3 is 1. The molecule has 0 unspecified atom stereocenters. The molecule has 2 aromatic rings. The molecule has 0 saturated carbocycles. The van der Waals surface area contributed by atoms with Gasteiger partial charge in [-0.15, -0.1) is 0 Å². The first kappa shape index (κ1) is 9.95. The van der Waals surface area contributed by atoms with Gasteiger partial charge in [0.2, 0.25) is 0 Å². The van der Waals surface area contributed by atoms with Gasteiger partial charge >= 0.3 is 6.98 Å². The molecule has 0 saturated heterocycles. The molecule has 1 heterocycles. The van der Waals surface area contributed by atoms with Gasteiger partial charge in [-0.3, -0.25) is 0 Å². The number of nitrogens with one attached hydrogen (secondary N) is 1. The van der Waals surface area contributed by atoms with Crippen LogP contribution >= 0.6 is 0 Å². The van der Waals surface area contributed by atoms with Crippen LogP contribution in [-0.2, 0) is 0 Å². The number of halogens is 3. The highest BCUT2D eigenvalue weighted by molar-refractivity contribution is 6.73. The predicted octanol–water partition coefficient (Wildman–Crippen LogP) is 2.23. The fourth-order valence-corrected chi connectivity index (χ4v) is 1.50. The number of aromatic nitrogens is 1. The molecule has 80 valence electrons. The molecule has 0 aliphatic carbocycles. The summed E-state index contributed by atoms with van der Waals surface area (Å²) in [7, 11) is 1.42. The van der Waals surface area contributed by atoms with Crippen LogP contribution in [0.5, 0.6) is 5.75 Å². The number of rotatable bonds is 2. The lowest BCUT2D eigenvalue weighted by atomic mass is 9.86. The van der Waals surface area contributed by atoms with Crippen molar-refractivity contribution in [1.82, 2.24) is 4.98 Å². The van der Waals surface area contributed by atoms with Gasteiger partial charge in [0, 0.05) is 5.39 Å². The number of para-hydroxylation sites is 1. The molecule has 1 aromatic heterocycles. The van der Waals surface area contributed by atoms with Crippen LogP contribution in [0.2, 0.25) is 0 Å². The van der Waals surface area contributed by atoms with Crippen LogP contribution < -0.4 is 10.3 Å². The maximum atomic E-state index is 12.5. The Morgan fingerprint density at radius 1 is 1.27 bits per heavy atom. The van der Waals surface area contributed by atoms with Crippen molar-refractivity contribution >= 4 is 23.5 Å². The third kappa shape index (κ3) is 1.67. The minimum Gasteiger partial charge on any atom is -0.495 e. The van der Waals surface area contributed by atoms with Crippen LogP contribution in [0.4, 0.5) is 12.9 Å². The highest BCUT2D eigenvalue weighted by Crippen LogP contribution is 2.24. The van der Waals surface area contributed by atoms with Crippen molar-refractivity contribution in [2.45, 2.75) is 0 Å². The van der Waals surface area contributed by atoms with Crippen LogP contribution in [0.15, 0.2) is 24.3 Å². The summed E-state index contributed by atoms with van der Waals surface area (Å²) in [5.41, 5.74) is -0.316. The second kappa shape index (κ2) is 3.22. The summed E-state index contributed by atoms with van der Waals surface area (Å²) in [5.74, 6) is 0.416. The van der Waals surface area contributed by atoms with Gasteiger partial charge in [0.15, 0.2) is 0 Å². The Hall–Kier alpha value is -1.59. The van der Waals surface area contributed by atoms with Gasteiger partial charge in [0.1, 0.15) is 5.75 Å². The predicted molar refractivity (Wildman–Crippen MR) is 53.6 cm³/mol. The van der Waals surface area contributed by atoms with Crippen molar-refractivity contribution in [3.8, 4) is 5.75 Å². The summed E-state index contributed by atoms with van der Waals surface area (Å²) in [6, 6.07) is 5.98. The highest BCUT2D eigenvalue weighted by Gasteiger charge is 2.27. The number of fused-ring (bicyclic) bond motifs is 1. The molecule has 0 spiro atoms. The van der Waals surface area contributed by atoms with Crippen LogP contribution in [0.3, 0.4) is 0 Å². The number of benzene rings is 1. The molecule has 0 radical (unpaired) electrons. The Kier molecular flexibility index (Phi) is 2.14. The third-order valence-electron chi connectivity index (χ3n) is 2.21. The molecular formula is C9H8BF3NO-. The largest absolute Gasteiger partial charge is 0.525 e. The van der Waals surface area contributed by atoms with Gasteiger partial charge in [0.25, 0.3) is 0 Å². The van der Waals surface area contributed by atoms with E-state index in [9.17, 15) is 12.9 Å². The molecule has 15 heavy (non-hydrogen) atoms. The molecule has 0 bridgehead atoms.